The number of aryl methyl sites for hydroxylation is 1. The highest BCUT2D eigenvalue weighted by molar-refractivity contribution is 6.33. The van der Waals surface area contributed by atoms with Gasteiger partial charge in [-0.2, -0.15) is 5.10 Å². The minimum Gasteiger partial charge on any atom is -0.399 e. The molecule has 7 heteroatoms. The van der Waals surface area contributed by atoms with Crippen molar-refractivity contribution in [3.05, 3.63) is 70.5 Å². The Morgan fingerprint density at radius 1 is 1.28 bits per heavy atom. The first kappa shape index (κ1) is 19.2. The van der Waals surface area contributed by atoms with Gasteiger partial charge in [0.15, 0.2) is 0 Å². The number of benzene rings is 2. The predicted molar refractivity (Wildman–Crippen MR) is 115 cm³/mol. The lowest BCUT2D eigenvalue weighted by Gasteiger charge is -2.12. The van der Waals surface area contributed by atoms with E-state index in [0.717, 1.165) is 35.2 Å². The van der Waals surface area contributed by atoms with E-state index in [4.69, 9.17) is 16.4 Å². The second-order valence-corrected chi connectivity index (χ2v) is 7.35. The Labute approximate surface area is 174 Å². The molecule has 0 bridgehead atoms. The molecule has 1 aromatic heterocycles. The van der Waals surface area contributed by atoms with E-state index in [2.05, 4.69) is 15.6 Å². The number of nitrogens with zero attached hydrogens (tertiary/aromatic N) is 3. The lowest BCUT2D eigenvalue weighted by atomic mass is 10.0. The number of carbonyl (C=O) groups is 1. The van der Waals surface area contributed by atoms with Crippen LogP contribution in [0.4, 0.5) is 5.69 Å². The number of halogens is 1. The van der Waals surface area contributed by atoms with Crippen LogP contribution in [0.15, 0.2) is 53.7 Å². The molecule has 1 amide bonds. The maximum atomic E-state index is 13.1. The number of nitrogens with one attached hydrogen (secondary N) is 1. The number of aromatic nitrogens is 2. The molecule has 1 aliphatic carbocycles. The zero-order chi connectivity index (χ0) is 20.4. The zero-order valence-electron chi connectivity index (χ0n) is 16.2. The zero-order valence-corrected chi connectivity index (χ0v) is 17.0. The number of hydrogen-bond acceptors (Lipinski definition) is 4. The molecule has 0 spiro atoms. The van der Waals surface area contributed by atoms with Crippen LogP contribution in [-0.2, 0) is 11.9 Å². The Bertz CT molecular complexity index is 1090. The van der Waals surface area contributed by atoms with Gasteiger partial charge >= 0.3 is 0 Å². The Balaban J connectivity index is 1.67. The van der Waals surface area contributed by atoms with Gasteiger partial charge in [0.2, 0.25) is 0 Å². The van der Waals surface area contributed by atoms with Crippen molar-refractivity contribution in [3.63, 3.8) is 0 Å². The Morgan fingerprint density at radius 2 is 2.07 bits per heavy atom. The summed E-state index contributed by atoms with van der Waals surface area (Å²) in [4.78, 5) is 17.9. The van der Waals surface area contributed by atoms with Gasteiger partial charge in [-0.3, -0.25) is 9.48 Å². The first-order chi connectivity index (χ1) is 14.1. The standard InChI is InChI=1S/C22H21ClN4O2/c1-27-21(23)19(20(26-27)15-10-11-15)22(28)25-18-9-4-3-8-17(18)16-7-5-6-14(12-16)13-24-29-2/h3-9,12-13,15H,10-11H2,1-2H3,(H,25,28)/b24-13+. The average molecular weight is 409 g/mol. The lowest BCUT2D eigenvalue weighted by molar-refractivity contribution is 0.102. The summed E-state index contributed by atoms with van der Waals surface area (Å²) in [5.74, 6) is 0.0796. The minimum atomic E-state index is -0.241. The molecule has 1 heterocycles. The van der Waals surface area contributed by atoms with Crippen molar-refractivity contribution in [1.29, 1.82) is 0 Å². The average Bonchev–Trinajstić information content (AvgIpc) is 3.53. The summed E-state index contributed by atoms with van der Waals surface area (Å²) in [6.45, 7) is 0. The van der Waals surface area contributed by atoms with Gasteiger partial charge in [0.1, 0.15) is 17.8 Å². The van der Waals surface area contributed by atoms with Crippen LogP contribution in [0.2, 0.25) is 5.15 Å². The number of anilines is 1. The molecule has 0 unspecified atom stereocenters. The summed E-state index contributed by atoms with van der Waals surface area (Å²) in [6, 6.07) is 15.5. The van der Waals surface area contributed by atoms with E-state index in [-0.39, 0.29) is 5.91 Å². The molecule has 0 atom stereocenters. The Hall–Kier alpha value is -3.12. The van der Waals surface area contributed by atoms with Gasteiger partial charge in [0.25, 0.3) is 5.91 Å². The van der Waals surface area contributed by atoms with E-state index in [1.165, 1.54) is 7.11 Å². The first-order valence-corrected chi connectivity index (χ1v) is 9.76. The van der Waals surface area contributed by atoms with Crippen LogP contribution in [0.3, 0.4) is 0 Å². The van der Waals surface area contributed by atoms with Gasteiger partial charge in [-0.15, -0.1) is 0 Å². The minimum absolute atomic E-state index is 0.241. The third kappa shape index (κ3) is 4.03. The molecule has 0 saturated heterocycles. The molecule has 4 rings (SSSR count). The maximum absolute atomic E-state index is 13.1. The van der Waals surface area contributed by atoms with Crippen molar-refractivity contribution < 1.29 is 9.63 Å². The summed E-state index contributed by atoms with van der Waals surface area (Å²) in [7, 11) is 3.26. The number of rotatable bonds is 6. The largest absolute Gasteiger partial charge is 0.399 e. The van der Waals surface area contributed by atoms with Crippen molar-refractivity contribution in [1.82, 2.24) is 9.78 Å². The third-order valence-electron chi connectivity index (χ3n) is 4.88. The second kappa shape index (κ2) is 8.09. The van der Waals surface area contributed by atoms with Crippen LogP contribution in [-0.4, -0.2) is 29.0 Å². The molecule has 1 N–H and O–H groups in total. The predicted octanol–water partition coefficient (Wildman–Crippen LogP) is 4.85. The van der Waals surface area contributed by atoms with Gasteiger partial charge < -0.3 is 10.2 Å². The lowest BCUT2D eigenvalue weighted by Crippen LogP contribution is -2.14. The summed E-state index contributed by atoms with van der Waals surface area (Å²) in [5.41, 5.74) is 4.72. The maximum Gasteiger partial charge on any atom is 0.260 e. The summed E-state index contributed by atoms with van der Waals surface area (Å²) in [5, 5.41) is 11.7. The van der Waals surface area contributed by atoms with Crippen molar-refractivity contribution in [3.8, 4) is 11.1 Å². The molecule has 29 heavy (non-hydrogen) atoms. The highest BCUT2D eigenvalue weighted by atomic mass is 35.5. The van der Waals surface area contributed by atoms with Crippen molar-refractivity contribution in [2.75, 3.05) is 12.4 Å². The summed E-state index contributed by atoms with van der Waals surface area (Å²) in [6.07, 6.45) is 3.72. The molecule has 3 aromatic rings. The van der Waals surface area contributed by atoms with Gasteiger partial charge in [-0.25, -0.2) is 0 Å². The van der Waals surface area contributed by atoms with Crippen molar-refractivity contribution in [2.24, 2.45) is 12.2 Å². The van der Waals surface area contributed by atoms with Gasteiger partial charge in [0.05, 0.1) is 11.9 Å². The Kier molecular flexibility index (Phi) is 5.36. The molecule has 6 nitrogen and oxygen atoms in total. The van der Waals surface area contributed by atoms with Crippen LogP contribution < -0.4 is 5.32 Å². The fourth-order valence-corrected chi connectivity index (χ4v) is 3.52. The number of carbonyl (C=O) groups excluding carboxylic acids is 1. The first-order valence-electron chi connectivity index (χ1n) is 9.38. The van der Waals surface area contributed by atoms with Crippen LogP contribution in [0, 0.1) is 0 Å². The van der Waals surface area contributed by atoms with Gasteiger partial charge in [-0.1, -0.05) is 53.2 Å². The molecule has 1 saturated carbocycles. The van der Waals surface area contributed by atoms with E-state index >= 15 is 0 Å². The number of oxime groups is 1. The summed E-state index contributed by atoms with van der Waals surface area (Å²) >= 11 is 6.39. The number of hydrogen-bond donors (Lipinski definition) is 1. The fourth-order valence-electron chi connectivity index (χ4n) is 3.30. The molecule has 1 aliphatic rings. The van der Waals surface area contributed by atoms with E-state index in [9.17, 15) is 4.79 Å². The quantitative estimate of drug-likeness (QED) is 0.468. The van der Waals surface area contributed by atoms with Crippen LogP contribution >= 0.6 is 11.6 Å². The molecule has 0 radical (unpaired) electrons. The van der Waals surface area contributed by atoms with E-state index in [1.54, 1.807) is 17.9 Å². The SMILES string of the molecule is CO/N=C/c1cccc(-c2ccccc2NC(=O)c2c(C3CC3)nn(C)c2Cl)c1. The molecule has 2 aromatic carbocycles. The van der Waals surface area contributed by atoms with Crippen LogP contribution in [0.25, 0.3) is 11.1 Å². The molecule has 148 valence electrons. The fraction of sp³-hybridized carbons (Fsp3) is 0.227. The third-order valence-corrected chi connectivity index (χ3v) is 5.31. The van der Waals surface area contributed by atoms with Gasteiger partial charge in [-0.05, 0) is 36.1 Å². The second-order valence-electron chi connectivity index (χ2n) is 6.99. The van der Waals surface area contributed by atoms with Crippen LogP contribution in [0.5, 0.6) is 0 Å². The van der Waals surface area contributed by atoms with E-state index < -0.39 is 0 Å². The topological polar surface area (TPSA) is 68.5 Å². The normalized spacial score (nSPS) is 13.6. The monoisotopic (exact) mass is 408 g/mol. The number of para-hydroxylation sites is 1. The molecular weight excluding hydrogens is 388 g/mol. The Morgan fingerprint density at radius 3 is 2.83 bits per heavy atom. The number of amides is 1. The van der Waals surface area contributed by atoms with Crippen molar-refractivity contribution in [2.45, 2.75) is 18.8 Å². The smallest absolute Gasteiger partial charge is 0.260 e. The summed E-state index contributed by atoms with van der Waals surface area (Å²) < 4.78 is 1.56. The highest BCUT2D eigenvalue weighted by Gasteiger charge is 2.33. The molecule has 0 aliphatic heterocycles. The van der Waals surface area contributed by atoms with Crippen LogP contribution in [0.1, 0.15) is 40.4 Å². The molecular formula is C22H21ClN4O2. The highest BCUT2D eigenvalue weighted by Crippen LogP contribution is 2.42. The van der Waals surface area contributed by atoms with E-state index in [0.29, 0.717) is 22.3 Å². The van der Waals surface area contributed by atoms with Gasteiger partial charge in [0, 0.05) is 24.2 Å². The van der Waals surface area contributed by atoms with Crippen molar-refractivity contribution >= 4 is 29.4 Å². The van der Waals surface area contributed by atoms with E-state index in [1.807, 2.05) is 48.5 Å². The molecule has 1 fully saturated rings.